The Labute approximate surface area is 114 Å². The minimum Gasteiger partial charge on any atom is -0.349 e. The van der Waals surface area contributed by atoms with Crippen molar-refractivity contribution < 1.29 is 4.79 Å². The van der Waals surface area contributed by atoms with Gasteiger partial charge in [-0.3, -0.25) is 9.89 Å². The van der Waals surface area contributed by atoms with Gasteiger partial charge in [0.25, 0.3) is 0 Å². The number of amides is 1. The molecular formula is C14H24N4O. The predicted molar refractivity (Wildman–Crippen MR) is 74.3 cm³/mol. The summed E-state index contributed by atoms with van der Waals surface area (Å²) in [6, 6.07) is -0.0297. The second kappa shape index (κ2) is 6.19. The third-order valence-corrected chi connectivity index (χ3v) is 4.30. The molecule has 0 radical (unpaired) electrons. The number of carbonyl (C=O) groups excluding carboxylic acids is 1. The maximum Gasteiger partial charge on any atom is 0.227 e. The Morgan fingerprint density at radius 1 is 1.47 bits per heavy atom. The molecule has 2 rings (SSSR count). The van der Waals surface area contributed by atoms with Gasteiger partial charge in [-0.05, 0) is 19.8 Å². The highest BCUT2D eigenvalue weighted by molar-refractivity contribution is 5.83. The van der Waals surface area contributed by atoms with E-state index in [9.17, 15) is 4.79 Å². The van der Waals surface area contributed by atoms with Crippen LogP contribution in [0.15, 0.2) is 12.4 Å². The molecule has 0 aliphatic heterocycles. The van der Waals surface area contributed by atoms with E-state index in [0.717, 1.165) is 31.2 Å². The molecule has 1 heterocycles. The van der Waals surface area contributed by atoms with Crippen LogP contribution in [0, 0.1) is 5.41 Å². The van der Waals surface area contributed by atoms with Gasteiger partial charge in [-0.2, -0.15) is 5.10 Å². The lowest BCUT2D eigenvalue weighted by Gasteiger charge is -2.31. The molecule has 1 fully saturated rings. The molecule has 5 nitrogen and oxygen atoms in total. The molecule has 0 spiro atoms. The fourth-order valence-electron chi connectivity index (χ4n) is 2.86. The van der Waals surface area contributed by atoms with E-state index in [2.05, 4.69) is 15.5 Å². The third kappa shape index (κ3) is 3.15. The van der Waals surface area contributed by atoms with E-state index in [0.29, 0.717) is 6.54 Å². The second-order valence-electron chi connectivity index (χ2n) is 5.63. The Balaban J connectivity index is 2.03. The molecule has 19 heavy (non-hydrogen) atoms. The van der Waals surface area contributed by atoms with Gasteiger partial charge in [-0.15, -0.1) is 0 Å². The monoisotopic (exact) mass is 264 g/mol. The zero-order chi connectivity index (χ0) is 13.7. The molecule has 1 aliphatic carbocycles. The van der Waals surface area contributed by atoms with Crippen LogP contribution in [-0.4, -0.2) is 22.6 Å². The van der Waals surface area contributed by atoms with Crippen LogP contribution in [0.5, 0.6) is 0 Å². The molecule has 1 aromatic heterocycles. The van der Waals surface area contributed by atoms with Crippen LogP contribution in [0.4, 0.5) is 0 Å². The average molecular weight is 264 g/mol. The Morgan fingerprint density at radius 3 is 2.68 bits per heavy atom. The first-order valence-electron chi connectivity index (χ1n) is 7.18. The molecule has 4 N–H and O–H groups in total. The van der Waals surface area contributed by atoms with E-state index < -0.39 is 0 Å². The van der Waals surface area contributed by atoms with Crippen molar-refractivity contribution in [2.45, 2.75) is 51.5 Å². The number of nitrogens with zero attached hydrogens (tertiary/aromatic N) is 1. The van der Waals surface area contributed by atoms with Gasteiger partial charge < -0.3 is 11.1 Å². The molecule has 1 amide bonds. The largest absolute Gasteiger partial charge is 0.349 e. The predicted octanol–water partition coefficient (Wildman–Crippen LogP) is 1.89. The lowest BCUT2D eigenvalue weighted by atomic mass is 9.79. The van der Waals surface area contributed by atoms with Crippen LogP contribution in [0.3, 0.4) is 0 Å². The minimum atomic E-state index is -0.367. The summed E-state index contributed by atoms with van der Waals surface area (Å²) in [5.74, 6) is 0.102. The number of aromatic amines is 1. The topological polar surface area (TPSA) is 83.8 Å². The standard InChI is InChI=1S/C14H24N4O/c1-11(12-8-16-17-9-12)18-13(19)14(10-15)6-4-2-3-5-7-14/h8-9,11H,2-7,10,15H2,1H3,(H,16,17)(H,18,19). The lowest BCUT2D eigenvalue weighted by molar-refractivity contribution is -0.132. The number of nitrogens with two attached hydrogens (primary N) is 1. The summed E-state index contributed by atoms with van der Waals surface area (Å²) < 4.78 is 0. The Kier molecular flexibility index (Phi) is 4.58. The molecule has 1 aromatic rings. The van der Waals surface area contributed by atoms with Crippen LogP contribution < -0.4 is 11.1 Å². The molecule has 1 unspecified atom stereocenters. The Bertz CT molecular complexity index is 394. The molecule has 106 valence electrons. The van der Waals surface area contributed by atoms with E-state index in [-0.39, 0.29) is 17.4 Å². The first-order chi connectivity index (χ1) is 9.18. The van der Waals surface area contributed by atoms with E-state index in [1.54, 1.807) is 6.20 Å². The lowest BCUT2D eigenvalue weighted by Crippen LogP contribution is -2.46. The molecule has 0 bridgehead atoms. The summed E-state index contributed by atoms with van der Waals surface area (Å²) in [5.41, 5.74) is 6.55. The summed E-state index contributed by atoms with van der Waals surface area (Å²) in [6.07, 6.45) is 10.0. The van der Waals surface area contributed by atoms with Crippen molar-refractivity contribution in [1.82, 2.24) is 15.5 Å². The number of aromatic nitrogens is 2. The highest BCUT2D eigenvalue weighted by Gasteiger charge is 2.37. The summed E-state index contributed by atoms with van der Waals surface area (Å²) in [5, 5.41) is 9.78. The van der Waals surface area contributed by atoms with E-state index >= 15 is 0 Å². The molecule has 0 saturated heterocycles. The summed E-state index contributed by atoms with van der Waals surface area (Å²) in [6.45, 7) is 2.42. The molecule has 1 atom stereocenters. The number of hydrogen-bond acceptors (Lipinski definition) is 3. The fourth-order valence-corrected chi connectivity index (χ4v) is 2.86. The SMILES string of the molecule is CC(NC(=O)C1(CN)CCCCCC1)c1cn[nH]c1. The van der Waals surface area contributed by atoms with E-state index in [1.165, 1.54) is 12.8 Å². The number of hydrogen-bond donors (Lipinski definition) is 3. The average Bonchev–Trinajstić information content (AvgIpc) is 2.84. The van der Waals surface area contributed by atoms with Gasteiger partial charge in [0.15, 0.2) is 0 Å². The van der Waals surface area contributed by atoms with Crippen molar-refractivity contribution in [3.05, 3.63) is 18.0 Å². The van der Waals surface area contributed by atoms with E-state index in [4.69, 9.17) is 5.73 Å². The molecule has 5 heteroatoms. The number of rotatable bonds is 4. The highest BCUT2D eigenvalue weighted by atomic mass is 16.2. The van der Waals surface area contributed by atoms with Gasteiger partial charge >= 0.3 is 0 Å². The van der Waals surface area contributed by atoms with Crippen LogP contribution in [-0.2, 0) is 4.79 Å². The van der Waals surface area contributed by atoms with Crippen LogP contribution in [0.1, 0.15) is 57.1 Å². The van der Waals surface area contributed by atoms with Crippen molar-refractivity contribution in [3.8, 4) is 0 Å². The number of carbonyl (C=O) groups is 1. The van der Waals surface area contributed by atoms with Crippen molar-refractivity contribution in [2.24, 2.45) is 11.1 Å². The third-order valence-electron chi connectivity index (χ3n) is 4.30. The van der Waals surface area contributed by atoms with Crippen molar-refractivity contribution in [3.63, 3.8) is 0 Å². The minimum absolute atomic E-state index is 0.0297. The molecule has 1 aliphatic rings. The summed E-state index contributed by atoms with van der Waals surface area (Å²) in [4.78, 5) is 12.6. The van der Waals surface area contributed by atoms with Crippen LogP contribution in [0.25, 0.3) is 0 Å². The normalized spacial score (nSPS) is 20.5. The van der Waals surface area contributed by atoms with Crippen molar-refractivity contribution in [1.29, 1.82) is 0 Å². The zero-order valence-corrected chi connectivity index (χ0v) is 11.6. The van der Waals surface area contributed by atoms with Crippen molar-refractivity contribution in [2.75, 3.05) is 6.54 Å². The van der Waals surface area contributed by atoms with Gasteiger partial charge in [0.1, 0.15) is 0 Å². The molecular weight excluding hydrogens is 240 g/mol. The van der Waals surface area contributed by atoms with Gasteiger partial charge in [0, 0.05) is 18.3 Å². The smallest absolute Gasteiger partial charge is 0.227 e. The zero-order valence-electron chi connectivity index (χ0n) is 11.6. The highest BCUT2D eigenvalue weighted by Crippen LogP contribution is 2.35. The maximum absolute atomic E-state index is 12.6. The van der Waals surface area contributed by atoms with Gasteiger partial charge in [-0.1, -0.05) is 25.7 Å². The van der Waals surface area contributed by atoms with Gasteiger partial charge in [-0.25, -0.2) is 0 Å². The van der Waals surface area contributed by atoms with Gasteiger partial charge in [0.05, 0.1) is 17.7 Å². The Morgan fingerprint density at radius 2 is 2.16 bits per heavy atom. The summed E-state index contributed by atoms with van der Waals surface area (Å²) in [7, 11) is 0. The summed E-state index contributed by atoms with van der Waals surface area (Å²) >= 11 is 0. The van der Waals surface area contributed by atoms with Crippen molar-refractivity contribution >= 4 is 5.91 Å². The molecule has 0 aromatic carbocycles. The quantitative estimate of drug-likeness (QED) is 0.726. The second-order valence-corrected chi connectivity index (χ2v) is 5.63. The maximum atomic E-state index is 12.6. The van der Waals surface area contributed by atoms with E-state index in [1.807, 2.05) is 13.1 Å². The molecule has 1 saturated carbocycles. The first-order valence-corrected chi connectivity index (χ1v) is 7.18. The van der Waals surface area contributed by atoms with Crippen LogP contribution in [0.2, 0.25) is 0 Å². The number of H-pyrrole nitrogens is 1. The number of nitrogens with one attached hydrogen (secondary N) is 2. The van der Waals surface area contributed by atoms with Crippen LogP contribution >= 0.6 is 0 Å². The Hall–Kier alpha value is -1.36. The van der Waals surface area contributed by atoms with Gasteiger partial charge in [0.2, 0.25) is 5.91 Å². The fraction of sp³-hybridized carbons (Fsp3) is 0.714. The first kappa shape index (κ1) is 14.1.